The van der Waals surface area contributed by atoms with Gasteiger partial charge >= 0.3 is 0 Å². The van der Waals surface area contributed by atoms with Gasteiger partial charge in [-0.3, -0.25) is 9.69 Å². The summed E-state index contributed by atoms with van der Waals surface area (Å²) in [6.45, 7) is 7.58. The Morgan fingerprint density at radius 1 is 1.07 bits per heavy atom. The van der Waals surface area contributed by atoms with Crippen molar-refractivity contribution in [1.29, 1.82) is 0 Å². The zero-order chi connectivity index (χ0) is 19.8. The molecule has 27 heavy (non-hydrogen) atoms. The van der Waals surface area contributed by atoms with E-state index < -0.39 is 0 Å². The molecule has 0 radical (unpaired) electrons. The lowest BCUT2D eigenvalue weighted by atomic mass is 10.1. The van der Waals surface area contributed by atoms with Gasteiger partial charge in [0.2, 0.25) is 0 Å². The number of ether oxygens (including phenoxy) is 2. The van der Waals surface area contributed by atoms with Gasteiger partial charge in [-0.2, -0.15) is 0 Å². The number of rotatable bonds is 9. The first-order valence-corrected chi connectivity index (χ1v) is 9.40. The average molecular weight is 391 g/mol. The third kappa shape index (κ3) is 5.37. The van der Waals surface area contributed by atoms with Crippen molar-refractivity contribution in [2.45, 2.75) is 26.9 Å². The second kappa shape index (κ2) is 10.2. The Hall–Kier alpha value is -2.24. The molecule has 0 saturated heterocycles. The van der Waals surface area contributed by atoms with Gasteiger partial charge in [0.1, 0.15) is 0 Å². The summed E-state index contributed by atoms with van der Waals surface area (Å²) in [6.07, 6.45) is 0. The second-order valence-corrected chi connectivity index (χ2v) is 6.51. The first-order chi connectivity index (χ1) is 13.0. The molecule has 0 saturated carbocycles. The molecule has 0 fully saturated rings. The maximum absolute atomic E-state index is 12.6. The molecule has 146 valence electrons. The molecule has 5 nitrogen and oxygen atoms in total. The highest BCUT2D eigenvalue weighted by Gasteiger charge is 2.15. The third-order valence-corrected chi connectivity index (χ3v) is 4.82. The Bertz CT molecular complexity index is 776. The van der Waals surface area contributed by atoms with Crippen molar-refractivity contribution in [2.75, 3.05) is 27.3 Å². The molecule has 0 spiro atoms. The topological polar surface area (TPSA) is 50.8 Å². The summed E-state index contributed by atoms with van der Waals surface area (Å²) >= 11 is 6.20. The summed E-state index contributed by atoms with van der Waals surface area (Å²) in [5.41, 5.74) is 2.75. The Labute approximate surface area is 166 Å². The van der Waals surface area contributed by atoms with Crippen LogP contribution in [-0.2, 0) is 13.1 Å². The molecule has 0 unspecified atom stereocenters. The van der Waals surface area contributed by atoms with E-state index in [-0.39, 0.29) is 5.91 Å². The van der Waals surface area contributed by atoms with Gasteiger partial charge in [0.05, 0.1) is 19.2 Å². The molecule has 1 amide bonds. The summed E-state index contributed by atoms with van der Waals surface area (Å²) in [5.74, 6) is 0.632. The predicted octanol–water partition coefficient (Wildman–Crippen LogP) is 4.13. The average Bonchev–Trinajstić information content (AvgIpc) is 2.70. The summed E-state index contributed by atoms with van der Waals surface area (Å²) in [6, 6.07) is 11.4. The van der Waals surface area contributed by atoms with Crippen LogP contribution in [0, 0.1) is 0 Å². The van der Waals surface area contributed by atoms with Crippen molar-refractivity contribution in [1.82, 2.24) is 10.2 Å². The molecule has 1 N–H and O–H groups in total. The van der Waals surface area contributed by atoms with Crippen molar-refractivity contribution < 1.29 is 14.3 Å². The highest BCUT2D eigenvalue weighted by molar-refractivity contribution is 6.32. The minimum atomic E-state index is -0.213. The monoisotopic (exact) mass is 390 g/mol. The summed E-state index contributed by atoms with van der Waals surface area (Å²) < 4.78 is 10.5. The molecular formula is C21H27ClN2O3. The molecule has 0 bridgehead atoms. The Kier molecular flexibility index (Phi) is 7.95. The van der Waals surface area contributed by atoms with Crippen LogP contribution < -0.4 is 14.8 Å². The van der Waals surface area contributed by atoms with E-state index in [1.54, 1.807) is 12.1 Å². The van der Waals surface area contributed by atoms with E-state index in [2.05, 4.69) is 30.1 Å². The molecule has 2 aromatic rings. The lowest BCUT2D eigenvalue weighted by Crippen LogP contribution is -2.26. The number of carbonyl (C=O) groups excluding carboxylic acids is 1. The first kappa shape index (κ1) is 21.1. The minimum absolute atomic E-state index is 0.213. The molecule has 0 aromatic heterocycles. The van der Waals surface area contributed by atoms with E-state index in [0.29, 0.717) is 28.6 Å². The maximum atomic E-state index is 12.6. The third-order valence-electron chi connectivity index (χ3n) is 4.54. The van der Waals surface area contributed by atoms with Gasteiger partial charge < -0.3 is 14.8 Å². The van der Waals surface area contributed by atoms with Crippen LogP contribution in [0.15, 0.2) is 36.4 Å². The highest BCUT2D eigenvalue weighted by atomic mass is 35.5. The summed E-state index contributed by atoms with van der Waals surface area (Å²) in [5, 5.41) is 3.31. The van der Waals surface area contributed by atoms with Crippen LogP contribution in [0.4, 0.5) is 0 Å². The molecule has 0 heterocycles. The standard InChI is InChI=1S/C21H27ClN2O3/c1-5-24(6-2)14-16-10-8-7-9-15(16)13-23-21(25)17-11-18(22)20(27-4)19(12-17)26-3/h7-12H,5-6,13-14H2,1-4H3,(H,23,25). The molecule has 0 aliphatic carbocycles. The number of nitrogens with one attached hydrogen (secondary N) is 1. The van der Waals surface area contributed by atoms with Crippen LogP contribution in [0.5, 0.6) is 11.5 Å². The van der Waals surface area contributed by atoms with Crippen LogP contribution >= 0.6 is 11.6 Å². The molecular weight excluding hydrogens is 364 g/mol. The molecule has 0 aliphatic rings. The van der Waals surface area contributed by atoms with E-state index in [1.807, 2.05) is 18.2 Å². The SMILES string of the molecule is CCN(CC)Cc1ccccc1CNC(=O)c1cc(Cl)c(OC)c(OC)c1. The van der Waals surface area contributed by atoms with Gasteiger partial charge in [-0.1, -0.05) is 49.7 Å². The van der Waals surface area contributed by atoms with Crippen LogP contribution in [0.3, 0.4) is 0 Å². The quantitative estimate of drug-likeness (QED) is 0.699. The van der Waals surface area contributed by atoms with Crippen LogP contribution in [0.1, 0.15) is 35.3 Å². The fourth-order valence-electron chi connectivity index (χ4n) is 2.90. The van der Waals surface area contributed by atoms with Gasteiger partial charge in [0, 0.05) is 18.7 Å². The van der Waals surface area contributed by atoms with Gasteiger partial charge in [-0.25, -0.2) is 0 Å². The largest absolute Gasteiger partial charge is 0.493 e. The maximum Gasteiger partial charge on any atom is 0.251 e. The first-order valence-electron chi connectivity index (χ1n) is 9.02. The van der Waals surface area contributed by atoms with E-state index >= 15 is 0 Å². The molecule has 2 aromatic carbocycles. The van der Waals surface area contributed by atoms with Crippen LogP contribution in [-0.4, -0.2) is 38.1 Å². The van der Waals surface area contributed by atoms with Crippen molar-refractivity contribution in [2.24, 2.45) is 0 Å². The van der Waals surface area contributed by atoms with Crippen LogP contribution in [0.25, 0.3) is 0 Å². The molecule has 2 rings (SSSR count). The Morgan fingerprint density at radius 3 is 2.33 bits per heavy atom. The highest BCUT2D eigenvalue weighted by Crippen LogP contribution is 2.36. The lowest BCUT2D eigenvalue weighted by molar-refractivity contribution is 0.0950. The number of halogens is 1. The van der Waals surface area contributed by atoms with Crippen molar-refractivity contribution in [3.63, 3.8) is 0 Å². The number of hydrogen-bond acceptors (Lipinski definition) is 4. The number of carbonyl (C=O) groups is 1. The number of methoxy groups -OCH3 is 2. The minimum Gasteiger partial charge on any atom is -0.493 e. The predicted molar refractivity (Wildman–Crippen MR) is 109 cm³/mol. The molecule has 0 aliphatic heterocycles. The molecule has 0 atom stereocenters. The zero-order valence-electron chi connectivity index (χ0n) is 16.3. The van der Waals surface area contributed by atoms with Crippen molar-refractivity contribution in [3.8, 4) is 11.5 Å². The normalized spacial score (nSPS) is 10.7. The Balaban J connectivity index is 2.13. The lowest BCUT2D eigenvalue weighted by Gasteiger charge is -2.20. The van der Waals surface area contributed by atoms with E-state index in [0.717, 1.165) is 25.2 Å². The summed E-state index contributed by atoms with van der Waals surface area (Å²) in [4.78, 5) is 14.9. The fraction of sp³-hybridized carbons (Fsp3) is 0.381. The Morgan fingerprint density at radius 2 is 1.74 bits per heavy atom. The van der Waals surface area contributed by atoms with Crippen molar-refractivity contribution in [3.05, 3.63) is 58.1 Å². The number of benzene rings is 2. The van der Waals surface area contributed by atoms with Gasteiger partial charge in [0.15, 0.2) is 11.5 Å². The summed E-state index contributed by atoms with van der Waals surface area (Å²) in [7, 11) is 3.02. The van der Waals surface area contributed by atoms with Gasteiger partial charge in [0.25, 0.3) is 5.91 Å². The molecule has 6 heteroatoms. The zero-order valence-corrected chi connectivity index (χ0v) is 17.1. The smallest absolute Gasteiger partial charge is 0.251 e. The fourth-order valence-corrected chi connectivity index (χ4v) is 3.19. The van der Waals surface area contributed by atoms with E-state index in [1.165, 1.54) is 19.8 Å². The van der Waals surface area contributed by atoms with Gasteiger partial charge in [-0.05, 0) is 36.3 Å². The van der Waals surface area contributed by atoms with Gasteiger partial charge in [-0.15, -0.1) is 0 Å². The second-order valence-electron chi connectivity index (χ2n) is 6.11. The van der Waals surface area contributed by atoms with E-state index in [4.69, 9.17) is 21.1 Å². The number of hydrogen-bond donors (Lipinski definition) is 1. The van der Waals surface area contributed by atoms with Crippen LogP contribution in [0.2, 0.25) is 5.02 Å². The number of amides is 1. The van der Waals surface area contributed by atoms with Crippen molar-refractivity contribution >= 4 is 17.5 Å². The number of nitrogens with zero attached hydrogens (tertiary/aromatic N) is 1. The van der Waals surface area contributed by atoms with E-state index in [9.17, 15) is 4.79 Å².